The molecule has 4 aromatic rings. The largest absolute Gasteiger partial charge is 0.461 e. The zero-order valence-corrected chi connectivity index (χ0v) is 20.5. The molecule has 38 heavy (non-hydrogen) atoms. The van der Waals surface area contributed by atoms with Gasteiger partial charge in [-0.2, -0.15) is 0 Å². The van der Waals surface area contributed by atoms with Gasteiger partial charge in [0.25, 0.3) is 0 Å². The fourth-order valence-corrected chi connectivity index (χ4v) is 4.74. The van der Waals surface area contributed by atoms with Crippen LogP contribution in [0.2, 0.25) is 0 Å². The molecular formula is C30H25NO7. The van der Waals surface area contributed by atoms with Gasteiger partial charge in [0.2, 0.25) is 0 Å². The Hall–Kier alpha value is -4.69. The van der Waals surface area contributed by atoms with Crippen LogP contribution < -0.4 is 9.47 Å². The van der Waals surface area contributed by atoms with Crippen LogP contribution in [0, 0.1) is 10.1 Å². The smallest absolute Gasteiger partial charge is 0.382 e. The summed E-state index contributed by atoms with van der Waals surface area (Å²) in [6, 6.07) is 27.7. The fraction of sp³-hybridized carbons (Fsp3) is 0.167. The SMILES string of the molecule is CCOC(=O)C(C1c2ccccc2Oc2ccccc21)[N+](=O)[O-].OC1c2ccccc2Oc2ccccc21. The second-order valence-corrected chi connectivity index (χ2v) is 8.72. The normalized spacial score (nSPS) is 14.1. The van der Waals surface area contributed by atoms with Crippen LogP contribution in [0.1, 0.15) is 41.2 Å². The molecule has 0 aromatic heterocycles. The zero-order chi connectivity index (χ0) is 26.6. The first-order chi connectivity index (χ1) is 18.5. The zero-order valence-electron chi connectivity index (χ0n) is 20.5. The second-order valence-electron chi connectivity index (χ2n) is 8.72. The fourth-order valence-electron chi connectivity index (χ4n) is 4.74. The van der Waals surface area contributed by atoms with Gasteiger partial charge in [-0.15, -0.1) is 0 Å². The van der Waals surface area contributed by atoms with Gasteiger partial charge in [-0.25, -0.2) is 4.79 Å². The molecule has 0 saturated carbocycles. The van der Waals surface area contributed by atoms with Crippen LogP contribution in [-0.4, -0.2) is 28.6 Å². The highest BCUT2D eigenvalue weighted by molar-refractivity contribution is 5.78. The van der Waals surface area contributed by atoms with Crippen LogP contribution in [0.4, 0.5) is 0 Å². The number of aliphatic hydroxyl groups excluding tert-OH is 1. The number of esters is 1. The lowest BCUT2D eigenvalue weighted by Gasteiger charge is -2.28. The second kappa shape index (κ2) is 10.7. The predicted octanol–water partition coefficient (Wildman–Crippen LogP) is 6.01. The van der Waals surface area contributed by atoms with Crippen LogP contribution in [0.25, 0.3) is 0 Å². The summed E-state index contributed by atoms with van der Waals surface area (Å²) in [5.74, 6) is 0.936. The molecular weight excluding hydrogens is 486 g/mol. The van der Waals surface area contributed by atoms with Crippen LogP contribution in [0.5, 0.6) is 23.0 Å². The average molecular weight is 512 g/mol. The molecule has 2 aliphatic rings. The van der Waals surface area contributed by atoms with Gasteiger partial charge in [-0.05, 0) is 31.2 Å². The van der Waals surface area contributed by atoms with Crippen LogP contribution in [-0.2, 0) is 9.53 Å². The van der Waals surface area contributed by atoms with E-state index >= 15 is 0 Å². The van der Waals surface area contributed by atoms with Crippen molar-refractivity contribution in [2.75, 3.05) is 6.61 Å². The van der Waals surface area contributed by atoms with Gasteiger partial charge in [0.15, 0.2) is 0 Å². The third-order valence-corrected chi connectivity index (χ3v) is 6.45. The van der Waals surface area contributed by atoms with E-state index in [1.165, 1.54) is 0 Å². The number of benzene rings is 4. The molecule has 0 bridgehead atoms. The van der Waals surface area contributed by atoms with Crippen molar-refractivity contribution in [2.24, 2.45) is 0 Å². The highest BCUT2D eigenvalue weighted by atomic mass is 16.6. The van der Waals surface area contributed by atoms with Crippen molar-refractivity contribution >= 4 is 5.97 Å². The van der Waals surface area contributed by atoms with Crippen molar-refractivity contribution < 1.29 is 29.0 Å². The van der Waals surface area contributed by atoms with Crippen molar-refractivity contribution in [3.63, 3.8) is 0 Å². The van der Waals surface area contributed by atoms with Gasteiger partial charge in [0.05, 0.1) is 12.5 Å². The maximum atomic E-state index is 12.2. The number of nitro groups is 1. The Morgan fingerprint density at radius 3 is 1.55 bits per heavy atom. The molecule has 6 rings (SSSR count). The van der Waals surface area contributed by atoms with Gasteiger partial charge >= 0.3 is 12.0 Å². The van der Waals surface area contributed by atoms with E-state index in [-0.39, 0.29) is 6.61 Å². The van der Waals surface area contributed by atoms with Gasteiger partial charge in [0.1, 0.15) is 29.1 Å². The Morgan fingerprint density at radius 1 is 0.789 bits per heavy atom. The number of rotatable bonds is 4. The first-order valence-electron chi connectivity index (χ1n) is 12.2. The van der Waals surface area contributed by atoms with E-state index < -0.39 is 29.0 Å². The van der Waals surface area contributed by atoms with Gasteiger partial charge in [0, 0.05) is 27.2 Å². The molecule has 0 amide bonds. The van der Waals surface area contributed by atoms with E-state index in [2.05, 4.69) is 0 Å². The molecule has 1 N–H and O–H groups in total. The molecule has 4 aromatic carbocycles. The van der Waals surface area contributed by atoms with Crippen LogP contribution in [0.3, 0.4) is 0 Å². The maximum Gasteiger partial charge on any atom is 0.382 e. The summed E-state index contributed by atoms with van der Waals surface area (Å²) >= 11 is 0. The number of hydrogen-bond donors (Lipinski definition) is 1. The van der Waals surface area contributed by atoms with Crippen molar-refractivity contribution in [3.8, 4) is 23.0 Å². The summed E-state index contributed by atoms with van der Waals surface area (Å²) in [5, 5.41) is 21.7. The molecule has 1 unspecified atom stereocenters. The summed E-state index contributed by atoms with van der Waals surface area (Å²) in [5.41, 5.74) is 2.88. The lowest BCUT2D eigenvalue weighted by Crippen LogP contribution is -2.38. The maximum absolute atomic E-state index is 12.2. The number of nitrogens with zero attached hydrogens (tertiary/aromatic N) is 1. The molecule has 8 heteroatoms. The van der Waals surface area contributed by atoms with Gasteiger partial charge < -0.3 is 19.3 Å². The number of para-hydroxylation sites is 4. The molecule has 0 spiro atoms. The molecule has 8 nitrogen and oxygen atoms in total. The first-order valence-corrected chi connectivity index (χ1v) is 12.2. The molecule has 0 fully saturated rings. The van der Waals surface area contributed by atoms with Gasteiger partial charge in [-0.1, -0.05) is 72.8 Å². The number of ether oxygens (including phenoxy) is 3. The lowest BCUT2D eigenvalue weighted by atomic mass is 9.82. The molecule has 192 valence electrons. The van der Waals surface area contributed by atoms with Crippen molar-refractivity contribution in [1.82, 2.24) is 0 Å². The van der Waals surface area contributed by atoms with E-state index in [0.717, 1.165) is 22.6 Å². The number of carbonyl (C=O) groups excluding carboxylic acids is 1. The van der Waals surface area contributed by atoms with E-state index in [0.29, 0.717) is 22.6 Å². The summed E-state index contributed by atoms with van der Waals surface area (Å²) in [6.07, 6.45) is -0.578. The number of hydrogen-bond acceptors (Lipinski definition) is 7. The Bertz CT molecular complexity index is 1390. The highest BCUT2D eigenvalue weighted by Crippen LogP contribution is 2.46. The molecule has 2 heterocycles. The van der Waals surface area contributed by atoms with Crippen LogP contribution >= 0.6 is 0 Å². The standard InChI is InChI=1S/C17H15NO5.C13H10O2/c1-2-22-17(19)16(18(20)21)15-11-7-3-5-9-13(11)23-14-10-6-4-8-12(14)15;14-13-9-5-1-3-7-11(9)15-12-8-4-2-6-10(12)13/h3-10,15-16H,2H2,1H3;1-8,13-14H. The molecule has 1 atom stereocenters. The van der Waals surface area contributed by atoms with Crippen molar-refractivity contribution in [3.05, 3.63) is 129 Å². The van der Waals surface area contributed by atoms with Crippen molar-refractivity contribution in [2.45, 2.75) is 25.0 Å². The number of aliphatic hydroxyl groups is 1. The third-order valence-electron chi connectivity index (χ3n) is 6.45. The monoisotopic (exact) mass is 511 g/mol. The number of carbonyl (C=O) groups is 1. The van der Waals surface area contributed by atoms with E-state index in [9.17, 15) is 20.0 Å². The minimum atomic E-state index is -1.51. The summed E-state index contributed by atoms with van der Waals surface area (Å²) in [7, 11) is 0. The summed E-state index contributed by atoms with van der Waals surface area (Å²) in [6.45, 7) is 1.72. The Balaban J connectivity index is 0.000000168. The van der Waals surface area contributed by atoms with Crippen molar-refractivity contribution in [1.29, 1.82) is 0 Å². The molecule has 2 aliphatic heterocycles. The minimum absolute atomic E-state index is 0.0929. The highest BCUT2D eigenvalue weighted by Gasteiger charge is 2.46. The lowest BCUT2D eigenvalue weighted by molar-refractivity contribution is -0.513. The topological polar surface area (TPSA) is 108 Å². The average Bonchev–Trinajstić information content (AvgIpc) is 2.93. The number of fused-ring (bicyclic) bond motifs is 4. The summed E-state index contributed by atoms with van der Waals surface area (Å²) in [4.78, 5) is 23.2. The quantitative estimate of drug-likeness (QED) is 0.203. The molecule has 0 aliphatic carbocycles. The molecule has 0 saturated heterocycles. The Kier molecular flexibility index (Phi) is 7.06. The van der Waals surface area contributed by atoms with E-state index in [1.54, 1.807) is 55.5 Å². The Morgan fingerprint density at radius 2 is 1.16 bits per heavy atom. The predicted molar refractivity (Wildman–Crippen MR) is 139 cm³/mol. The van der Waals surface area contributed by atoms with Gasteiger partial charge in [-0.3, -0.25) is 10.1 Å². The van der Waals surface area contributed by atoms with E-state index in [1.807, 2.05) is 48.5 Å². The third kappa shape index (κ3) is 4.69. The molecule has 0 radical (unpaired) electrons. The minimum Gasteiger partial charge on any atom is -0.461 e. The van der Waals surface area contributed by atoms with E-state index in [4.69, 9.17) is 14.2 Å². The summed E-state index contributed by atoms with van der Waals surface area (Å²) < 4.78 is 16.4. The van der Waals surface area contributed by atoms with Crippen LogP contribution in [0.15, 0.2) is 97.1 Å². The Labute approximate surface area is 219 Å². The first kappa shape index (κ1) is 25.0.